The van der Waals surface area contributed by atoms with Crippen LogP contribution in [0, 0.1) is 0 Å². The largest absolute Gasteiger partial charge is 0.475 e. The molecule has 14 heavy (non-hydrogen) atoms. The molecule has 0 amide bonds. The third kappa shape index (κ3) is 2.48. The van der Waals surface area contributed by atoms with Crippen molar-refractivity contribution in [3.63, 3.8) is 0 Å². The topological polar surface area (TPSA) is 43.1 Å². The Bertz CT molecular complexity index is 380. The normalized spacial score (nSPS) is 14.0. The summed E-state index contributed by atoms with van der Waals surface area (Å²) in [7, 11) is -3.08. The molecule has 1 unspecified atom stereocenters. The summed E-state index contributed by atoms with van der Waals surface area (Å²) in [6, 6.07) is 3.84. The molecule has 0 saturated carbocycles. The fourth-order valence-corrected chi connectivity index (χ4v) is 2.07. The van der Waals surface area contributed by atoms with Crippen LogP contribution in [0.1, 0.15) is 0 Å². The summed E-state index contributed by atoms with van der Waals surface area (Å²) in [6.45, 7) is 0. The number of hydrogen-bond donors (Lipinski definition) is 1. The molecule has 0 aliphatic rings. The van der Waals surface area contributed by atoms with Gasteiger partial charge in [-0.3, -0.25) is 0 Å². The lowest BCUT2D eigenvalue weighted by Gasteiger charge is -2.08. The molecule has 1 atom stereocenters. The Morgan fingerprint density at radius 1 is 1.36 bits per heavy atom. The number of nitrogens with two attached hydrogens (primary N) is 1. The lowest BCUT2D eigenvalue weighted by Crippen LogP contribution is -2.17. The van der Waals surface area contributed by atoms with E-state index >= 15 is 0 Å². The predicted molar refractivity (Wildman–Crippen MR) is 51.0 cm³/mol. The minimum Gasteiger partial charge on any atom is -0.398 e. The molecule has 2 N–H and O–H groups in total. The standard InChI is InChI=1S/C7H5BrF3NOS/c8-4-1-2-5(12)6(3-4)14(13)7(9,10)11/h1-3H,12H2. The third-order valence-electron chi connectivity index (χ3n) is 1.39. The van der Waals surface area contributed by atoms with Crippen LogP contribution in [0.5, 0.6) is 0 Å². The molecule has 0 spiro atoms. The van der Waals surface area contributed by atoms with E-state index in [0.717, 1.165) is 6.07 Å². The minimum absolute atomic E-state index is 0.135. The van der Waals surface area contributed by atoms with Crippen molar-refractivity contribution in [3.05, 3.63) is 22.7 Å². The third-order valence-corrected chi connectivity index (χ3v) is 3.05. The first-order valence-corrected chi connectivity index (χ1v) is 5.30. The maximum absolute atomic E-state index is 12.1. The van der Waals surface area contributed by atoms with Crippen molar-refractivity contribution in [1.82, 2.24) is 0 Å². The smallest absolute Gasteiger partial charge is 0.398 e. The minimum atomic E-state index is -4.78. The van der Waals surface area contributed by atoms with Crippen LogP contribution >= 0.6 is 15.9 Å². The van der Waals surface area contributed by atoms with E-state index in [4.69, 9.17) is 5.73 Å². The van der Waals surface area contributed by atoms with E-state index in [1.54, 1.807) is 0 Å². The number of anilines is 1. The van der Waals surface area contributed by atoms with Gasteiger partial charge in [-0.1, -0.05) is 15.9 Å². The maximum Gasteiger partial charge on any atom is 0.475 e. The number of halogens is 4. The quantitative estimate of drug-likeness (QED) is 0.807. The summed E-state index contributed by atoms with van der Waals surface area (Å²) in [5.41, 5.74) is 0.355. The Morgan fingerprint density at radius 2 is 1.93 bits per heavy atom. The molecular formula is C7H5BrF3NOS. The van der Waals surface area contributed by atoms with E-state index in [-0.39, 0.29) is 5.69 Å². The Kier molecular flexibility index (Phi) is 3.20. The Morgan fingerprint density at radius 3 is 2.43 bits per heavy atom. The zero-order valence-electron chi connectivity index (χ0n) is 6.64. The van der Waals surface area contributed by atoms with Gasteiger partial charge in [0.1, 0.15) is 0 Å². The van der Waals surface area contributed by atoms with E-state index in [9.17, 15) is 17.4 Å². The zero-order chi connectivity index (χ0) is 10.9. The first-order chi connectivity index (χ1) is 6.32. The highest BCUT2D eigenvalue weighted by molar-refractivity contribution is 9.10. The number of rotatable bonds is 1. The van der Waals surface area contributed by atoms with Crippen LogP contribution in [0.25, 0.3) is 0 Å². The van der Waals surface area contributed by atoms with Crippen LogP contribution < -0.4 is 5.73 Å². The van der Waals surface area contributed by atoms with Gasteiger partial charge in [0.05, 0.1) is 4.90 Å². The lowest BCUT2D eigenvalue weighted by atomic mass is 10.3. The second-order valence-corrected chi connectivity index (χ2v) is 4.75. The molecule has 0 aliphatic heterocycles. The van der Waals surface area contributed by atoms with Crippen molar-refractivity contribution in [1.29, 1.82) is 0 Å². The van der Waals surface area contributed by atoms with Crippen molar-refractivity contribution >= 4 is 32.4 Å². The van der Waals surface area contributed by atoms with Crippen molar-refractivity contribution < 1.29 is 17.4 Å². The lowest BCUT2D eigenvalue weighted by molar-refractivity contribution is -0.0384. The van der Waals surface area contributed by atoms with Gasteiger partial charge in [-0.2, -0.15) is 13.2 Å². The Labute approximate surface area is 88.9 Å². The van der Waals surface area contributed by atoms with Crippen LogP contribution in [0.3, 0.4) is 0 Å². The second kappa shape index (κ2) is 3.90. The summed E-state index contributed by atoms with van der Waals surface area (Å²) < 4.78 is 47.6. The highest BCUT2D eigenvalue weighted by Crippen LogP contribution is 2.31. The number of hydrogen-bond acceptors (Lipinski definition) is 2. The van der Waals surface area contributed by atoms with Crippen molar-refractivity contribution in [2.45, 2.75) is 10.4 Å². The molecule has 1 aromatic carbocycles. The van der Waals surface area contributed by atoms with Crippen LogP contribution in [0.4, 0.5) is 18.9 Å². The molecule has 0 bridgehead atoms. The summed E-state index contributed by atoms with van der Waals surface area (Å²) >= 11 is 2.97. The number of benzene rings is 1. The fourth-order valence-electron chi connectivity index (χ4n) is 0.793. The summed E-state index contributed by atoms with van der Waals surface area (Å²) in [5, 5.41) is 0. The molecule has 78 valence electrons. The van der Waals surface area contributed by atoms with Gasteiger partial charge >= 0.3 is 5.51 Å². The van der Waals surface area contributed by atoms with Gasteiger partial charge in [-0.25, -0.2) is 4.21 Å². The Balaban J connectivity index is 3.19. The van der Waals surface area contributed by atoms with Gasteiger partial charge in [-0.05, 0) is 18.2 Å². The summed E-state index contributed by atoms with van der Waals surface area (Å²) in [4.78, 5) is -0.424. The molecule has 1 aromatic rings. The fraction of sp³-hybridized carbons (Fsp3) is 0.143. The van der Waals surface area contributed by atoms with Crippen LogP contribution in [0.15, 0.2) is 27.6 Å². The SMILES string of the molecule is Nc1ccc(Br)cc1S(=O)C(F)(F)F. The van der Waals surface area contributed by atoms with Gasteiger partial charge in [0.25, 0.3) is 0 Å². The molecule has 0 heterocycles. The van der Waals surface area contributed by atoms with E-state index in [2.05, 4.69) is 15.9 Å². The molecule has 0 aliphatic carbocycles. The van der Waals surface area contributed by atoms with Gasteiger partial charge in [-0.15, -0.1) is 0 Å². The van der Waals surface area contributed by atoms with E-state index < -0.39 is 21.2 Å². The molecule has 0 aromatic heterocycles. The molecular weight excluding hydrogens is 283 g/mol. The van der Waals surface area contributed by atoms with Crippen molar-refractivity contribution in [2.75, 3.05) is 5.73 Å². The Hall–Kier alpha value is -0.560. The van der Waals surface area contributed by atoms with Crippen LogP contribution in [0.2, 0.25) is 0 Å². The summed E-state index contributed by atoms with van der Waals surface area (Å²) in [6.07, 6.45) is 0. The first kappa shape index (κ1) is 11.5. The van der Waals surface area contributed by atoms with E-state index in [0.29, 0.717) is 4.47 Å². The summed E-state index contributed by atoms with van der Waals surface area (Å²) in [5.74, 6) is 0. The highest BCUT2D eigenvalue weighted by Gasteiger charge is 2.38. The van der Waals surface area contributed by atoms with Gasteiger partial charge in [0.2, 0.25) is 0 Å². The second-order valence-electron chi connectivity index (χ2n) is 2.40. The van der Waals surface area contributed by atoms with Crippen molar-refractivity contribution in [3.8, 4) is 0 Å². The number of alkyl halides is 3. The molecule has 0 radical (unpaired) electrons. The molecule has 2 nitrogen and oxygen atoms in total. The highest BCUT2D eigenvalue weighted by atomic mass is 79.9. The van der Waals surface area contributed by atoms with Crippen LogP contribution in [-0.4, -0.2) is 9.72 Å². The predicted octanol–water partition coefficient (Wildman–Crippen LogP) is 2.66. The molecule has 0 fully saturated rings. The molecule has 0 saturated heterocycles. The van der Waals surface area contributed by atoms with E-state index in [1.807, 2.05) is 0 Å². The van der Waals surface area contributed by atoms with E-state index in [1.165, 1.54) is 12.1 Å². The van der Waals surface area contributed by atoms with Gasteiger partial charge < -0.3 is 5.73 Å². The average Bonchev–Trinajstić information content (AvgIpc) is 2.06. The average molecular weight is 288 g/mol. The van der Waals surface area contributed by atoms with Gasteiger partial charge in [0.15, 0.2) is 10.8 Å². The first-order valence-electron chi connectivity index (χ1n) is 3.36. The van der Waals surface area contributed by atoms with Crippen molar-refractivity contribution in [2.24, 2.45) is 0 Å². The monoisotopic (exact) mass is 287 g/mol. The molecule has 1 rings (SSSR count). The maximum atomic E-state index is 12.1. The number of nitrogen functional groups attached to an aromatic ring is 1. The zero-order valence-corrected chi connectivity index (χ0v) is 9.04. The van der Waals surface area contributed by atoms with Crippen LogP contribution in [-0.2, 0) is 10.8 Å². The molecule has 7 heteroatoms. The van der Waals surface area contributed by atoms with Gasteiger partial charge in [0, 0.05) is 10.2 Å².